The van der Waals surface area contributed by atoms with E-state index in [2.05, 4.69) is 30.6 Å². The number of aromatic nitrogens is 12. The molecule has 0 spiro atoms. The molecule has 6 aromatic rings. The van der Waals surface area contributed by atoms with Gasteiger partial charge in [-0.25, -0.2) is 44.9 Å². The summed E-state index contributed by atoms with van der Waals surface area (Å²) in [6, 6.07) is 10.3. The van der Waals surface area contributed by atoms with Crippen LogP contribution < -0.4 is 0 Å². The summed E-state index contributed by atoms with van der Waals surface area (Å²) < 4.78 is 183. The predicted octanol–water partition coefficient (Wildman–Crippen LogP) is 0.0187. The average molecular weight is 1010 g/mol. The molecule has 35 heteroatoms. The fraction of sp³-hybridized carbons (Fsp3) is 0.308. The van der Waals surface area contributed by atoms with E-state index in [0.29, 0.717) is 0 Å². The number of nitrogens with zero attached hydrogens (tertiary/aromatic N) is 12. The molecule has 6 aromatic heterocycles. The molecule has 0 unspecified atom stereocenters. The monoisotopic (exact) mass is 1010 g/mol. The third kappa shape index (κ3) is 14.0. The van der Waals surface area contributed by atoms with E-state index in [4.69, 9.17) is 34.3 Å². The van der Waals surface area contributed by atoms with Crippen molar-refractivity contribution in [2.24, 2.45) is 0 Å². The zero-order valence-corrected chi connectivity index (χ0v) is 34.5. The van der Waals surface area contributed by atoms with Crippen LogP contribution in [0.3, 0.4) is 0 Å². The standard InChI is InChI=1S/2C12H14N6O3S.2CHF3O3S.Cu/c2*1-22(19,20)21-11-12(16-8-2-5-13-16,17-9-3-6-14-17)18-10-4-7-15-18;2*2-1(3,4)8(5,6)7;/h2*2-10H,11H2,1H3;2*(H,5,6,7);/q;;;;+2/p-2. The van der Waals surface area contributed by atoms with Crippen molar-refractivity contribution in [3.8, 4) is 0 Å². The van der Waals surface area contributed by atoms with Gasteiger partial charge in [-0.3, -0.25) is 8.37 Å². The van der Waals surface area contributed by atoms with Gasteiger partial charge >= 0.3 is 28.1 Å². The third-order valence-electron chi connectivity index (χ3n) is 6.73. The van der Waals surface area contributed by atoms with Gasteiger partial charge in [0.15, 0.2) is 20.2 Å². The Labute approximate surface area is 351 Å². The first kappa shape index (κ1) is 52.1. The van der Waals surface area contributed by atoms with Gasteiger partial charge in [-0.05, 0) is 36.4 Å². The summed E-state index contributed by atoms with van der Waals surface area (Å²) in [6.45, 7) is -0.506. The molecule has 0 atom stereocenters. The Morgan fingerprint density at radius 1 is 0.443 bits per heavy atom. The molecule has 0 saturated carbocycles. The summed E-state index contributed by atoms with van der Waals surface area (Å²) in [7, 11) is -19.5. The molecule has 341 valence electrons. The number of halogens is 6. The van der Waals surface area contributed by atoms with Gasteiger partial charge < -0.3 is 9.11 Å². The van der Waals surface area contributed by atoms with Gasteiger partial charge in [-0.2, -0.15) is 73.8 Å². The molecule has 0 fully saturated rings. The molecule has 6 rings (SSSR count). The van der Waals surface area contributed by atoms with Gasteiger partial charge in [0.2, 0.25) is 0 Å². The van der Waals surface area contributed by atoms with Gasteiger partial charge in [0.1, 0.15) is 13.2 Å². The van der Waals surface area contributed by atoms with E-state index in [1.807, 2.05) is 0 Å². The normalized spacial score (nSPS) is 12.8. The Bertz CT molecular complexity index is 2280. The number of rotatable bonds is 12. The summed E-state index contributed by atoms with van der Waals surface area (Å²) in [5.41, 5.74) is -11.3. The topological polar surface area (TPSA) is 308 Å². The summed E-state index contributed by atoms with van der Waals surface area (Å²) >= 11 is 0. The van der Waals surface area contributed by atoms with Crippen molar-refractivity contribution in [3.05, 3.63) is 111 Å². The van der Waals surface area contributed by atoms with Crippen molar-refractivity contribution in [2.45, 2.75) is 22.6 Å². The molecule has 6 heterocycles. The minimum absolute atomic E-state index is 0. The summed E-state index contributed by atoms with van der Waals surface area (Å²) in [5, 5.41) is 25.3. The van der Waals surface area contributed by atoms with E-state index in [1.165, 1.54) is 28.1 Å². The predicted molar refractivity (Wildman–Crippen MR) is 184 cm³/mol. The summed E-state index contributed by atoms with van der Waals surface area (Å²) in [6.07, 6.45) is 21.6. The fourth-order valence-corrected chi connectivity index (χ4v) is 5.03. The molecule has 0 N–H and O–H groups in total. The molecule has 0 aromatic carbocycles. The van der Waals surface area contributed by atoms with E-state index in [-0.39, 0.29) is 30.3 Å². The first-order valence-electron chi connectivity index (χ1n) is 15.3. The third-order valence-corrected chi connectivity index (χ3v) is 8.95. The van der Waals surface area contributed by atoms with Crippen LogP contribution in [0.2, 0.25) is 0 Å². The Morgan fingerprint density at radius 3 is 0.705 bits per heavy atom. The molecular formula is C26H28CuF6N12O12S4. The first-order chi connectivity index (χ1) is 27.5. The molecule has 24 nitrogen and oxygen atoms in total. The van der Waals surface area contributed by atoms with Crippen molar-refractivity contribution >= 4 is 40.5 Å². The molecule has 0 saturated heterocycles. The van der Waals surface area contributed by atoms with Gasteiger partial charge in [0.05, 0.1) is 12.5 Å². The van der Waals surface area contributed by atoms with Gasteiger partial charge in [-0.15, -0.1) is 0 Å². The number of hydrogen-bond acceptors (Lipinski definition) is 18. The van der Waals surface area contributed by atoms with Crippen LogP contribution in [0, 0.1) is 0 Å². The number of alkyl halides is 6. The zero-order chi connectivity index (χ0) is 45.3. The maximum Gasteiger partial charge on any atom is 2.00 e. The molecule has 0 aliphatic rings. The van der Waals surface area contributed by atoms with E-state index in [9.17, 15) is 43.2 Å². The Kier molecular flexibility index (Phi) is 17.3. The van der Waals surface area contributed by atoms with E-state index >= 15 is 0 Å². The minimum atomic E-state index is -6.09. The molecule has 1 radical (unpaired) electrons. The van der Waals surface area contributed by atoms with Crippen molar-refractivity contribution < 1.29 is 94.6 Å². The van der Waals surface area contributed by atoms with Gasteiger partial charge in [0, 0.05) is 74.4 Å². The van der Waals surface area contributed by atoms with Crippen LogP contribution in [0.1, 0.15) is 0 Å². The SMILES string of the molecule is CS(=O)(=O)OCC(n1cccn1)(n1cccn1)n1cccn1.CS(=O)(=O)OCC(n1cccn1)(n1cccn1)n1cccn1.O=S(=O)([O-])C(F)(F)F.O=S(=O)([O-])C(F)(F)F.[Cu+2]. The maximum absolute atomic E-state index is 11.5. The second-order valence-corrected chi connectivity index (χ2v) is 17.0. The van der Waals surface area contributed by atoms with E-state index in [0.717, 1.165) is 12.5 Å². The quantitative estimate of drug-likeness (QED) is 0.0513. The number of hydrogen-bond donors (Lipinski definition) is 0. The molecule has 0 bridgehead atoms. The van der Waals surface area contributed by atoms with Crippen LogP contribution in [-0.4, -0.2) is 138 Å². The molecule has 0 amide bonds. The average Bonchev–Trinajstić information content (AvgIpc) is 3.97. The second-order valence-electron chi connectivity index (χ2n) is 11.0. The van der Waals surface area contributed by atoms with Crippen molar-refractivity contribution in [1.29, 1.82) is 0 Å². The summed E-state index contributed by atoms with van der Waals surface area (Å²) in [5.74, 6) is -2.42. The minimum Gasteiger partial charge on any atom is -0.741 e. The summed E-state index contributed by atoms with van der Waals surface area (Å²) in [4.78, 5) is 0. The van der Waals surface area contributed by atoms with Crippen LogP contribution in [0.25, 0.3) is 0 Å². The smallest absolute Gasteiger partial charge is 0.741 e. The Hall–Kier alpha value is -5.00. The Balaban J connectivity index is 0.000000309. The molecule has 0 aliphatic carbocycles. The van der Waals surface area contributed by atoms with Gasteiger partial charge in [-0.1, -0.05) is 0 Å². The van der Waals surface area contributed by atoms with Crippen LogP contribution >= 0.6 is 0 Å². The first-order valence-corrected chi connectivity index (χ1v) is 21.7. The molecule has 0 aliphatic heterocycles. The van der Waals surface area contributed by atoms with E-state index < -0.39 is 63.1 Å². The van der Waals surface area contributed by atoms with Crippen LogP contribution in [0.4, 0.5) is 26.3 Å². The van der Waals surface area contributed by atoms with Gasteiger partial charge in [0.25, 0.3) is 31.8 Å². The maximum atomic E-state index is 11.5. The van der Waals surface area contributed by atoms with Crippen molar-refractivity contribution in [2.75, 3.05) is 25.7 Å². The molecular weight excluding hydrogens is 978 g/mol. The molecule has 61 heavy (non-hydrogen) atoms. The van der Waals surface area contributed by atoms with Crippen molar-refractivity contribution in [1.82, 2.24) is 58.7 Å². The zero-order valence-electron chi connectivity index (χ0n) is 30.3. The van der Waals surface area contributed by atoms with Crippen molar-refractivity contribution in [3.63, 3.8) is 0 Å². The van der Waals surface area contributed by atoms with Crippen LogP contribution in [0.15, 0.2) is 111 Å². The fourth-order valence-electron chi connectivity index (χ4n) is 4.28. The van der Waals surface area contributed by atoms with Crippen LogP contribution in [0.5, 0.6) is 0 Å². The second kappa shape index (κ2) is 20.2. The Morgan fingerprint density at radius 2 is 0.607 bits per heavy atom. The largest absolute Gasteiger partial charge is 2.00 e. The van der Waals surface area contributed by atoms with Crippen LogP contribution in [-0.2, 0) is 77.5 Å². The van der Waals surface area contributed by atoms with E-state index in [1.54, 1.807) is 111 Å².